The van der Waals surface area contributed by atoms with Crippen molar-refractivity contribution in [2.45, 2.75) is 38.2 Å². The van der Waals surface area contributed by atoms with Crippen molar-refractivity contribution in [3.05, 3.63) is 29.8 Å². The third-order valence-electron chi connectivity index (χ3n) is 4.21. The molecule has 1 aromatic carbocycles. The highest BCUT2D eigenvalue weighted by molar-refractivity contribution is 5.29. The van der Waals surface area contributed by atoms with Gasteiger partial charge in [-0.2, -0.15) is 0 Å². The molecule has 18 heavy (non-hydrogen) atoms. The largest absolute Gasteiger partial charge is 0.497 e. The summed E-state index contributed by atoms with van der Waals surface area (Å²) in [4.78, 5) is 0. The zero-order chi connectivity index (χ0) is 13.0. The first kappa shape index (κ1) is 13.4. The molecule has 0 bridgehead atoms. The van der Waals surface area contributed by atoms with Gasteiger partial charge in [-0.1, -0.05) is 25.0 Å². The van der Waals surface area contributed by atoms with Crippen LogP contribution >= 0.6 is 0 Å². The average molecular weight is 249 g/mol. The van der Waals surface area contributed by atoms with Crippen molar-refractivity contribution in [1.29, 1.82) is 0 Å². The van der Waals surface area contributed by atoms with Crippen molar-refractivity contribution in [2.75, 3.05) is 13.7 Å². The molecule has 1 saturated carbocycles. The number of hydrogen-bond donors (Lipinski definition) is 2. The Kier molecular flexibility index (Phi) is 4.25. The Bertz CT molecular complexity index is 394. The van der Waals surface area contributed by atoms with Crippen molar-refractivity contribution < 1.29 is 9.84 Å². The van der Waals surface area contributed by atoms with Crippen LogP contribution in [-0.2, 0) is 6.42 Å². The third-order valence-corrected chi connectivity index (χ3v) is 4.21. The van der Waals surface area contributed by atoms with Crippen molar-refractivity contribution in [3.63, 3.8) is 0 Å². The van der Waals surface area contributed by atoms with E-state index in [9.17, 15) is 5.11 Å². The van der Waals surface area contributed by atoms with E-state index >= 15 is 0 Å². The second-order valence-electron chi connectivity index (χ2n) is 5.36. The summed E-state index contributed by atoms with van der Waals surface area (Å²) in [6.07, 6.45) is 4.73. The van der Waals surface area contributed by atoms with Gasteiger partial charge in [0.1, 0.15) is 5.75 Å². The van der Waals surface area contributed by atoms with E-state index in [2.05, 4.69) is 6.07 Å². The molecule has 0 spiro atoms. The van der Waals surface area contributed by atoms with Crippen LogP contribution in [0.1, 0.15) is 31.2 Å². The summed E-state index contributed by atoms with van der Waals surface area (Å²) in [5, 5.41) is 10.3. The van der Waals surface area contributed by atoms with Gasteiger partial charge < -0.3 is 15.6 Å². The number of benzene rings is 1. The Morgan fingerprint density at radius 2 is 2.28 bits per heavy atom. The topological polar surface area (TPSA) is 55.5 Å². The van der Waals surface area contributed by atoms with Crippen LogP contribution in [0.25, 0.3) is 0 Å². The molecular weight excluding hydrogens is 226 g/mol. The van der Waals surface area contributed by atoms with Crippen molar-refractivity contribution in [1.82, 2.24) is 0 Å². The number of hydrogen-bond acceptors (Lipinski definition) is 3. The molecule has 1 aromatic rings. The maximum atomic E-state index is 10.3. The maximum Gasteiger partial charge on any atom is 0.119 e. The van der Waals surface area contributed by atoms with E-state index in [1.165, 1.54) is 5.56 Å². The molecule has 0 aliphatic heterocycles. The molecule has 3 N–H and O–H groups in total. The minimum Gasteiger partial charge on any atom is -0.497 e. The zero-order valence-electron chi connectivity index (χ0n) is 11.1. The van der Waals surface area contributed by atoms with Crippen molar-refractivity contribution >= 4 is 0 Å². The second kappa shape index (κ2) is 5.72. The Balaban J connectivity index is 2.18. The van der Waals surface area contributed by atoms with E-state index in [1.807, 2.05) is 18.2 Å². The SMILES string of the molecule is COc1cccc(CC2(CN)CCCCC2O)c1. The molecule has 0 aromatic heterocycles. The van der Waals surface area contributed by atoms with Crippen molar-refractivity contribution in [3.8, 4) is 5.75 Å². The molecule has 1 fully saturated rings. The van der Waals surface area contributed by atoms with E-state index in [0.717, 1.165) is 37.9 Å². The van der Waals surface area contributed by atoms with E-state index in [1.54, 1.807) is 7.11 Å². The highest BCUT2D eigenvalue weighted by Crippen LogP contribution is 2.39. The van der Waals surface area contributed by atoms with Crippen LogP contribution in [0.5, 0.6) is 5.75 Å². The van der Waals surface area contributed by atoms with Gasteiger partial charge in [0.05, 0.1) is 13.2 Å². The predicted molar refractivity (Wildman–Crippen MR) is 72.7 cm³/mol. The molecule has 2 unspecified atom stereocenters. The molecular formula is C15H23NO2. The minimum atomic E-state index is -0.276. The maximum absolute atomic E-state index is 10.3. The lowest BCUT2D eigenvalue weighted by Crippen LogP contribution is -2.45. The Morgan fingerprint density at radius 3 is 2.94 bits per heavy atom. The molecule has 1 aliphatic rings. The average Bonchev–Trinajstić information content (AvgIpc) is 2.42. The molecule has 2 atom stereocenters. The Morgan fingerprint density at radius 1 is 1.44 bits per heavy atom. The zero-order valence-corrected chi connectivity index (χ0v) is 11.1. The quantitative estimate of drug-likeness (QED) is 0.859. The van der Waals surface area contributed by atoms with E-state index in [-0.39, 0.29) is 11.5 Å². The standard InChI is InChI=1S/C15H23NO2/c1-18-13-6-4-5-12(9-13)10-15(11-16)8-3-2-7-14(15)17/h4-6,9,14,17H,2-3,7-8,10-11,16H2,1H3. The first-order valence-electron chi connectivity index (χ1n) is 6.71. The molecule has 0 saturated heterocycles. The normalized spacial score (nSPS) is 28.1. The molecule has 2 rings (SSSR count). The van der Waals surface area contributed by atoms with E-state index < -0.39 is 0 Å². The molecule has 3 nitrogen and oxygen atoms in total. The fourth-order valence-electron chi connectivity index (χ4n) is 2.99. The molecule has 1 aliphatic carbocycles. The monoisotopic (exact) mass is 249 g/mol. The fraction of sp³-hybridized carbons (Fsp3) is 0.600. The summed E-state index contributed by atoms with van der Waals surface area (Å²) in [6.45, 7) is 0.547. The van der Waals surface area contributed by atoms with Gasteiger partial charge in [-0.3, -0.25) is 0 Å². The molecule has 0 amide bonds. The highest BCUT2D eigenvalue weighted by atomic mass is 16.5. The van der Waals surface area contributed by atoms with Crippen LogP contribution < -0.4 is 10.5 Å². The number of aliphatic hydroxyl groups excluding tert-OH is 1. The molecule has 3 heteroatoms. The van der Waals surface area contributed by atoms with Gasteiger partial charge in [-0.15, -0.1) is 0 Å². The van der Waals surface area contributed by atoms with E-state index in [0.29, 0.717) is 6.54 Å². The van der Waals surface area contributed by atoms with Crippen LogP contribution in [0.2, 0.25) is 0 Å². The van der Waals surface area contributed by atoms with Gasteiger partial charge >= 0.3 is 0 Å². The lowest BCUT2D eigenvalue weighted by Gasteiger charge is -2.41. The number of methoxy groups -OCH3 is 1. The second-order valence-corrected chi connectivity index (χ2v) is 5.36. The van der Waals surface area contributed by atoms with Gasteiger partial charge in [-0.05, 0) is 37.0 Å². The highest BCUT2D eigenvalue weighted by Gasteiger charge is 2.38. The molecule has 0 heterocycles. The number of rotatable bonds is 4. The summed E-state index contributed by atoms with van der Waals surface area (Å²) in [6, 6.07) is 8.06. The summed E-state index contributed by atoms with van der Waals surface area (Å²) < 4.78 is 5.24. The lowest BCUT2D eigenvalue weighted by molar-refractivity contribution is -0.00587. The van der Waals surface area contributed by atoms with Crippen LogP contribution in [0.15, 0.2) is 24.3 Å². The summed E-state index contributed by atoms with van der Waals surface area (Å²) in [5.74, 6) is 0.866. The minimum absolute atomic E-state index is 0.148. The van der Waals surface area contributed by atoms with E-state index in [4.69, 9.17) is 10.5 Å². The number of nitrogens with two attached hydrogens (primary N) is 1. The molecule has 100 valence electrons. The van der Waals surface area contributed by atoms with Gasteiger partial charge in [0.15, 0.2) is 0 Å². The smallest absolute Gasteiger partial charge is 0.119 e. The van der Waals surface area contributed by atoms with Crippen LogP contribution in [-0.4, -0.2) is 24.9 Å². The summed E-state index contributed by atoms with van der Waals surface area (Å²) in [5.41, 5.74) is 7.00. The third kappa shape index (κ3) is 2.68. The summed E-state index contributed by atoms with van der Waals surface area (Å²) in [7, 11) is 1.67. The lowest BCUT2D eigenvalue weighted by atomic mass is 9.68. The number of aliphatic hydroxyl groups is 1. The van der Waals surface area contributed by atoms with Gasteiger partial charge in [0, 0.05) is 12.0 Å². The molecule has 0 radical (unpaired) electrons. The Labute approximate surface area is 109 Å². The van der Waals surface area contributed by atoms with Gasteiger partial charge in [0.2, 0.25) is 0 Å². The van der Waals surface area contributed by atoms with Crippen LogP contribution in [0.3, 0.4) is 0 Å². The van der Waals surface area contributed by atoms with Crippen LogP contribution in [0.4, 0.5) is 0 Å². The number of ether oxygens (including phenoxy) is 1. The Hall–Kier alpha value is -1.06. The first-order chi connectivity index (χ1) is 8.70. The van der Waals surface area contributed by atoms with Crippen LogP contribution in [0, 0.1) is 5.41 Å². The van der Waals surface area contributed by atoms with Gasteiger partial charge in [-0.25, -0.2) is 0 Å². The van der Waals surface area contributed by atoms with Gasteiger partial charge in [0.25, 0.3) is 0 Å². The predicted octanol–water partition coefficient (Wildman–Crippen LogP) is 2.12. The first-order valence-corrected chi connectivity index (χ1v) is 6.71. The van der Waals surface area contributed by atoms with Crippen molar-refractivity contribution in [2.24, 2.45) is 11.1 Å². The summed E-state index contributed by atoms with van der Waals surface area (Å²) >= 11 is 0. The fourth-order valence-corrected chi connectivity index (χ4v) is 2.99.